The van der Waals surface area contributed by atoms with Crippen LogP contribution in [0.3, 0.4) is 0 Å². The molecule has 0 aliphatic heterocycles. The fraction of sp³-hybridized carbons (Fsp3) is 0.188. The van der Waals surface area contributed by atoms with Gasteiger partial charge < -0.3 is 0 Å². The lowest BCUT2D eigenvalue weighted by molar-refractivity contribution is 1.28. The maximum absolute atomic E-state index is 5.34. The maximum atomic E-state index is 5.34. The first-order valence-electron chi connectivity index (χ1n) is 11.9. The highest BCUT2D eigenvalue weighted by Gasteiger charge is 2.27. The van der Waals surface area contributed by atoms with Crippen LogP contribution in [0.2, 0.25) is 0 Å². The Bertz CT molecular complexity index is 1340. The molecule has 4 aromatic carbocycles. The average molecular weight is 443 g/mol. The summed E-state index contributed by atoms with van der Waals surface area (Å²) >= 11 is 0. The van der Waals surface area contributed by atoms with Crippen LogP contribution in [0.4, 0.5) is 11.4 Å². The minimum absolute atomic E-state index is 0.934. The molecule has 0 bridgehead atoms. The molecule has 0 unspecified atom stereocenters. The van der Waals surface area contributed by atoms with Crippen molar-refractivity contribution in [2.45, 2.75) is 41.5 Å². The molecule has 0 heterocycles. The lowest BCUT2D eigenvalue weighted by Gasteiger charge is -2.24. The number of benzene rings is 4. The van der Waals surface area contributed by atoms with E-state index >= 15 is 0 Å². The molecule has 34 heavy (non-hydrogen) atoms. The van der Waals surface area contributed by atoms with Crippen LogP contribution in [0.1, 0.15) is 44.5 Å². The summed E-state index contributed by atoms with van der Waals surface area (Å²) in [5.74, 6) is 0. The molecule has 0 atom stereocenters. The van der Waals surface area contributed by atoms with E-state index in [2.05, 4.69) is 114 Å². The summed E-state index contributed by atoms with van der Waals surface area (Å²) in [7, 11) is 0. The molecule has 4 aromatic rings. The zero-order chi connectivity index (χ0) is 24.0. The quantitative estimate of drug-likeness (QED) is 0.297. The second-order valence-corrected chi connectivity index (χ2v) is 9.51. The Morgan fingerprint density at radius 1 is 0.412 bits per heavy atom. The Morgan fingerprint density at radius 3 is 1.03 bits per heavy atom. The number of hydrogen-bond acceptors (Lipinski definition) is 2. The van der Waals surface area contributed by atoms with Gasteiger partial charge in [0.1, 0.15) is 0 Å². The van der Waals surface area contributed by atoms with Crippen molar-refractivity contribution in [3.05, 3.63) is 117 Å². The van der Waals surface area contributed by atoms with Gasteiger partial charge in [0, 0.05) is 11.1 Å². The molecule has 168 valence electrons. The zero-order valence-electron chi connectivity index (χ0n) is 20.8. The lowest BCUT2D eigenvalue weighted by Crippen LogP contribution is -2.23. The van der Waals surface area contributed by atoms with Crippen molar-refractivity contribution in [2.75, 3.05) is 0 Å². The molecule has 1 aliphatic carbocycles. The van der Waals surface area contributed by atoms with E-state index in [1.165, 1.54) is 44.5 Å². The van der Waals surface area contributed by atoms with Gasteiger partial charge in [0.2, 0.25) is 0 Å². The van der Waals surface area contributed by atoms with Crippen molar-refractivity contribution >= 4 is 22.8 Å². The second-order valence-electron chi connectivity index (χ2n) is 9.51. The zero-order valence-corrected chi connectivity index (χ0v) is 20.8. The van der Waals surface area contributed by atoms with E-state index in [1.807, 2.05) is 0 Å². The molecule has 0 aromatic heterocycles. The van der Waals surface area contributed by atoms with Gasteiger partial charge in [-0.15, -0.1) is 0 Å². The normalized spacial score (nSPS) is 14.9. The molecule has 0 N–H and O–H groups in total. The van der Waals surface area contributed by atoms with E-state index in [4.69, 9.17) is 9.98 Å². The summed E-state index contributed by atoms with van der Waals surface area (Å²) in [6.07, 6.45) is 0. The van der Waals surface area contributed by atoms with Gasteiger partial charge in [-0.2, -0.15) is 0 Å². The first-order valence-corrected chi connectivity index (χ1v) is 11.9. The van der Waals surface area contributed by atoms with Crippen LogP contribution < -0.4 is 0 Å². The minimum atomic E-state index is 0.934. The standard InChI is InChI=1S/C32H30N2/c1-19-15-21(3)29(22(4)16-19)33-31-27-13-9-7-11-25(27)26-12-8-10-14-28(26)32(31)34-30-23(5)17-20(2)18-24(30)6/h7-18H,1-6H3. The summed E-state index contributed by atoms with van der Waals surface area (Å²) in [5, 5.41) is 0. The summed E-state index contributed by atoms with van der Waals surface area (Å²) < 4.78 is 0. The molecule has 2 nitrogen and oxygen atoms in total. The number of fused-ring (bicyclic) bond motifs is 3. The highest BCUT2D eigenvalue weighted by atomic mass is 14.8. The smallest absolute Gasteiger partial charge is 0.0978 e. The van der Waals surface area contributed by atoms with Crippen LogP contribution in [-0.4, -0.2) is 11.4 Å². The topological polar surface area (TPSA) is 24.7 Å². The van der Waals surface area contributed by atoms with Crippen molar-refractivity contribution in [2.24, 2.45) is 9.98 Å². The van der Waals surface area contributed by atoms with Crippen molar-refractivity contribution in [3.63, 3.8) is 0 Å². The Balaban J connectivity index is 1.86. The predicted molar refractivity (Wildman–Crippen MR) is 146 cm³/mol. The monoisotopic (exact) mass is 442 g/mol. The van der Waals surface area contributed by atoms with Crippen molar-refractivity contribution in [1.82, 2.24) is 0 Å². The highest BCUT2D eigenvalue weighted by molar-refractivity contribution is 6.57. The fourth-order valence-corrected chi connectivity index (χ4v) is 5.25. The van der Waals surface area contributed by atoms with E-state index in [9.17, 15) is 0 Å². The SMILES string of the molecule is Cc1cc(C)c(N=C2C(=Nc3c(C)cc(C)cc3C)c3ccccc3-c3ccccc32)c(C)c1. The molecule has 0 spiro atoms. The first kappa shape index (κ1) is 22.0. The predicted octanol–water partition coefficient (Wildman–Crippen LogP) is 8.46. The van der Waals surface area contributed by atoms with Crippen LogP contribution in [0.25, 0.3) is 11.1 Å². The number of rotatable bonds is 2. The summed E-state index contributed by atoms with van der Waals surface area (Å²) in [6, 6.07) is 26.0. The molecule has 2 heteroatoms. The molecule has 0 radical (unpaired) electrons. The van der Waals surface area contributed by atoms with Gasteiger partial charge in [0.15, 0.2) is 0 Å². The van der Waals surface area contributed by atoms with Crippen molar-refractivity contribution < 1.29 is 0 Å². The van der Waals surface area contributed by atoms with Crippen LogP contribution in [0.15, 0.2) is 82.8 Å². The van der Waals surface area contributed by atoms with Crippen LogP contribution in [0.5, 0.6) is 0 Å². The number of hydrogen-bond donors (Lipinski definition) is 0. The molecular weight excluding hydrogens is 412 g/mol. The number of aliphatic imine (C=N–C) groups is 2. The molecule has 0 fully saturated rings. The molecular formula is C32H30N2. The number of aryl methyl sites for hydroxylation is 6. The maximum Gasteiger partial charge on any atom is 0.0978 e. The second kappa shape index (κ2) is 8.53. The van der Waals surface area contributed by atoms with E-state index < -0.39 is 0 Å². The molecule has 5 rings (SSSR count). The Labute approximate surface area is 202 Å². The van der Waals surface area contributed by atoms with Gasteiger partial charge in [0.05, 0.1) is 22.8 Å². The average Bonchev–Trinajstić information content (AvgIpc) is 2.79. The minimum Gasteiger partial charge on any atom is -0.246 e. The van der Waals surface area contributed by atoms with E-state index in [1.54, 1.807) is 0 Å². The fourth-order valence-electron chi connectivity index (χ4n) is 5.25. The van der Waals surface area contributed by atoms with Gasteiger partial charge in [0.25, 0.3) is 0 Å². The van der Waals surface area contributed by atoms with Gasteiger partial charge in [-0.3, -0.25) is 0 Å². The number of nitrogens with zero attached hydrogens (tertiary/aromatic N) is 2. The third-order valence-corrected chi connectivity index (χ3v) is 6.60. The molecule has 0 saturated carbocycles. The molecule has 1 aliphatic rings. The first-order chi connectivity index (χ1) is 16.3. The van der Waals surface area contributed by atoms with Crippen molar-refractivity contribution in [1.29, 1.82) is 0 Å². The summed E-state index contributed by atoms with van der Waals surface area (Å²) in [4.78, 5) is 10.7. The van der Waals surface area contributed by atoms with Gasteiger partial charge in [-0.05, 0) is 74.9 Å². The van der Waals surface area contributed by atoms with Crippen LogP contribution in [0, 0.1) is 41.5 Å². The Morgan fingerprint density at radius 2 is 0.706 bits per heavy atom. The lowest BCUT2D eigenvalue weighted by atomic mass is 9.82. The van der Waals surface area contributed by atoms with Gasteiger partial charge in [-0.25, -0.2) is 9.98 Å². The van der Waals surface area contributed by atoms with E-state index in [0.717, 1.165) is 33.9 Å². The Hall–Kier alpha value is -3.78. The summed E-state index contributed by atoms with van der Waals surface area (Å²) in [5.41, 5.74) is 15.8. The van der Waals surface area contributed by atoms with Crippen LogP contribution in [-0.2, 0) is 0 Å². The third-order valence-electron chi connectivity index (χ3n) is 6.60. The summed E-state index contributed by atoms with van der Waals surface area (Å²) in [6.45, 7) is 12.9. The highest BCUT2D eigenvalue weighted by Crippen LogP contribution is 2.38. The van der Waals surface area contributed by atoms with E-state index in [-0.39, 0.29) is 0 Å². The largest absolute Gasteiger partial charge is 0.246 e. The molecule has 0 amide bonds. The van der Waals surface area contributed by atoms with Gasteiger partial charge >= 0.3 is 0 Å². The van der Waals surface area contributed by atoms with Gasteiger partial charge in [-0.1, -0.05) is 83.9 Å². The third kappa shape index (κ3) is 3.80. The van der Waals surface area contributed by atoms with E-state index in [0.29, 0.717) is 0 Å². The van der Waals surface area contributed by atoms with Crippen LogP contribution >= 0.6 is 0 Å². The van der Waals surface area contributed by atoms with Crippen molar-refractivity contribution in [3.8, 4) is 11.1 Å². The molecule has 0 saturated heterocycles. The Kier molecular flexibility index (Phi) is 5.53.